The molecule has 0 fully saturated rings. The molecule has 0 N–H and O–H groups in total. The molecule has 3 rings (SSSR count). The van der Waals surface area contributed by atoms with Crippen molar-refractivity contribution in [3.63, 3.8) is 0 Å². The molecule has 104 valence electrons. The number of pyridine rings is 1. The van der Waals surface area contributed by atoms with E-state index in [1.807, 2.05) is 54.6 Å². The van der Waals surface area contributed by atoms with Crippen LogP contribution in [0, 0.1) is 0 Å². The molecule has 0 amide bonds. The minimum absolute atomic E-state index is 0.224. The third-order valence-electron chi connectivity index (χ3n) is 3.06. The molecular formula is C17H13NO3. The van der Waals surface area contributed by atoms with Gasteiger partial charge in [0.1, 0.15) is 5.75 Å². The molecule has 0 radical (unpaired) electrons. The molecule has 3 aromatic rings. The van der Waals surface area contributed by atoms with Gasteiger partial charge < -0.3 is 9.47 Å². The number of nitrogens with zero attached hydrogens (tertiary/aromatic N) is 1. The SMILES string of the molecule is COC(=O)c1cc2ccccc2c(Oc2ccccc2)n1. The first-order chi connectivity index (χ1) is 10.3. The van der Waals surface area contributed by atoms with Gasteiger partial charge in [0.25, 0.3) is 0 Å². The number of hydrogen-bond acceptors (Lipinski definition) is 4. The number of esters is 1. The Bertz CT molecular complexity index is 784. The van der Waals surface area contributed by atoms with Crippen LogP contribution in [0.4, 0.5) is 0 Å². The number of hydrogen-bond donors (Lipinski definition) is 0. The average Bonchev–Trinajstić information content (AvgIpc) is 2.55. The smallest absolute Gasteiger partial charge is 0.356 e. The molecule has 0 saturated carbocycles. The molecule has 0 atom stereocenters. The molecule has 0 aliphatic carbocycles. The monoisotopic (exact) mass is 279 g/mol. The highest BCUT2D eigenvalue weighted by Gasteiger charge is 2.13. The zero-order valence-electron chi connectivity index (χ0n) is 11.4. The van der Waals surface area contributed by atoms with Crippen molar-refractivity contribution >= 4 is 16.7 Å². The number of carbonyl (C=O) groups excluding carboxylic acids is 1. The summed E-state index contributed by atoms with van der Waals surface area (Å²) in [5.74, 6) is 0.565. The summed E-state index contributed by atoms with van der Waals surface area (Å²) in [5, 5.41) is 1.72. The van der Waals surface area contributed by atoms with E-state index in [0.717, 1.165) is 10.8 Å². The van der Waals surface area contributed by atoms with Crippen molar-refractivity contribution in [2.24, 2.45) is 0 Å². The van der Waals surface area contributed by atoms with Gasteiger partial charge in [-0.25, -0.2) is 9.78 Å². The van der Waals surface area contributed by atoms with Crippen LogP contribution in [0.2, 0.25) is 0 Å². The van der Waals surface area contributed by atoms with Gasteiger partial charge in [0, 0.05) is 5.39 Å². The second-order valence-electron chi connectivity index (χ2n) is 4.44. The number of para-hydroxylation sites is 1. The maximum absolute atomic E-state index is 11.7. The molecule has 21 heavy (non-hydrogen) atoms. The van der Waals surface area contributed by atoms with Crippen molar-refractivity contribution in [3.8, 4) is 11.6 Å². The maximum Gasteiger partial charge on any atom is 0.356 e. The number of fused-ring (bicyclic) bond motifs is 1. The lowest BCUT2D eigenvalue weighted by atomic mass is 10.1. The summed E-state index contributed by atoms with van der Waals surface area (Å²) in [7, 11) is 1.33. The predicted octanol–water partition coefficient (Wildman–Crippen LogP) is 3.81. The van der Waals surface area contributed by atoms with E-state index in [9.17, 15) is 4.79 Å². The van der Waals surface area contributed by atoms with Gasteiger partial charge in [-0.2, -0.15) is 0 Å². The van der Waals surface area contributed by atoms with Crippen molar-refractivity contribution in [2.75, 3.05) is 7.11 Å². The molecule has 0 aliphatic heterocycles. The Kier molecular flexibility index (Phi) is 3.51. The standard InChI is InChI=1S/C17H13NO3/c1-20-17(19)15-11-12-7-5-6-10-14(12)16(18-15)21-13-8-3-2-4-9-13/h2-11H,1H3. The topological polar surface area (TPSA) is 48.4 Å². The van der Waals surface area contributed by atoms with Crippen molar-refractivity contribution < 1.29 is 14.3 Å². The quantitative estimate of drug-likeness (QED) is 0.684. The van der Waals surface area contributed by atoms with E-state index < -0.39 is 5.97 Å². The second kappa shape index (κ2) is 5.63. The van der Waals surface area contributed by atoms with Crippen molar-refractivity contribution in [1.82, 2.24) is 4.98 Å². The maximum atomic E-state index is 11.7. The van der Waals surface area contributed by atoms with Crippen LogP contribution in [0.15, 0.2) is 60.7 Å². The van der Waals surface area contributed by atoms with Gasteiger partial charge in [-0.15, -0.1) is 0 Å². The molecule has 2 aromatic carbocycles. The summed E-state index contributed by atoms with van der Waals surface area (Å²) in [6, 6.07) is 18.6. The van der Waals surface area contributed by atoms with Crippen LogP contribution < -0.4 is 4.74 Å². The average molecular weight is 279 g/mol. The third kappa shape index (κ3) is 2.69. The zero-order valence-corrected chi connectivity index (χ0v) is 11.4. The first-order valence-corrected chi connectivity index (χ1v) is 6.49. The summed E-state index contributed by atoms with van der Waals surface area (Å²) in [5.41, 5.74) is 0.224. The van der Waals surface area contributed by atoms with Crippen LogP contribution in [0.5, 0.6) is 11.6 Å². The van der Waals surface area contributed by atoms with Crippen LogP contribution in [0.3, 0.4) is 0 Å². The summed E-state index contributed by atoms with van der Waals surface area (Å²) in [6.45, 7) is 0. The van der Waals surface area contributed by atoms with Crippen LogP contribution in [0.1, 0.15) is 10.5 Å². The summed E-state index contributed by atoms with van der Waals surface area (Å²) in [4.78, 5) is 16.0. The van der Waals surface area contributed by atoms with Crippen LogP contribution in [0.25, 0.3) is 10.8 Å². The number of carbonyl (C=O) groups is 1. The third-order valence-corrected chi connectivity index (χ3v) is 3.06. The first-order valence-electron chi connectivity index (χ1n) is 6.49. The van der Waals surface area contributed by atoms with E-state index in [0.29, 0.717) is 11.6 Å². The highest BCUT2D eigenvalue weighted by atomic mass is 16.5. The summed E-state index contributed by atoms with van der Waals surface area (Å²) in [6.07, 6.45) is 0. The molecule has 4 heteroatoms. The Hall–Kier alpha value is -2.88. The summed E-state index contributed by atoms with van der Waals surface area (Å²) >= 11 is 0. The Morgan fingerprint density at radius 1 is 1.00 bits per heavy atom. The minimum Gasteiger partial charge on any atom is -0.464 e. The van der Waals surface area contributed by atoms with E-state index in [1.165, 1.54) is 7.11 Å². The van der Waals surface area contributed by atoms with Gasteiger partial charge in [0.05, 0.1) is 7.11 Å². The van der Waals surface area contributed by atoms with Crippen LogP contribution in [-0.4, -0.2) is 18.1 Å². The van der Waals surface area contributed by atoms with Crippen LogP contribution >= 0.6 is 0 Å². The Morgan fingerprint density at radius 3 is 2.48 bits per heavy atom. The van der Waals surface area contributed by atoms with Gasteiger partial charge in [0.2, 0.25) is 5.88 Å². The molecular weight excluding hydrogens is 266 g/mol. The number of ether oxygens (including phenoxy) is 2. The highest BCUT2D eigenvalue weighted by molar-refractivity contribution is 5.95. The molecule has 0 unspecified atom stereocenters. The molecule has 0 saturated heterocycles. The zero-order chi connectivity index (χ0) is 14.7. The molecule has 0 aliphatic rings. The van der Waals surface area contributed by atoms with Crippen molar-refractivity contribution in [1.29, 1.82) is 0 Å². The first kappa shape index (κ1) is 13.1. The van der Waals surface area contributed by atoms with Gasteiger partial charge in [-0.1, -0.05) is 36.4 Å². The van der Waals surface area contributed by atoms with Gasteiger partial charge in [-0.05, 0) is 29.7 Å². The van der Waals surface area contributed by atoms with E-state index in [4.69, 9.17) is 9.47 Å². The lowest BCUT2D eigenvalue weighted by Gasteiger charge is -2.09. The molecule has 0 bridgehead atoms. The van der Waals surface area contributed by atoms with E-state index in [1.54, 1.807) is 6.07 Å². The van der Waals surface area contributed by atoms with Crippen molar-refractivity contribution in [2.45, 2.75) is 0 Å². The number of rotatable bonds is 3. The van der Waals surface area contributed by atoms with Crippen molar-refractivity contribution in [3.05, 3.63) is 66.4 Å². The Balaban J connectivity index is 2.12. The van der Waals surface area contributed by atoms with Gasteiger partial charge in [-0.3, -0.25) is 0 Å². The largest absolute Gasteiger partial charge is 0.464 e. The molecule has 1 aromatic heterocycles. The fourth-order valence-corrected chi connectivity index (χ4v) is 2.05. The number of methoxy groups -OCH3 is 1. The summed E-state index contributed by atoms with van der Waals surface area (Å²) < 4.78 is 10.5. The fourth-order valence-electron chi connectivity index (χ4n) is 2.05. The Morgan fingerprint density at radius 2 is 1.71 bits per heavy atom. The lowest BCUT2D eigenvalue weighted by molar-refractivity contribution is 0.0593. The molecule has 1 heterocycles. The molecule has 4 nitrogen and oxygen atoms in total. The number of aromatic nitrogens is 1. The molecule has 0 spiro atoms. The Labute approximate surface area is 122 Å². The highest BCUT2D eigenvalue weighted by Crippen LogP contribution is 2.28. The van der Waals surface area contributed by atoms with Gasteiger partial charge in [0.15, 0.2) is 5.69 Å². The van der Waals surface area contributed by atoms with E-state index >= 15 is 0 Å². The second-order valence-corrected chi connectivity index (χ2v) is 4.44. The van der Waals surface area contributed by atoms with Gasteiger partial charge >= 0.3 is 5.97 Å². The number of benzene rings is 2. The van der Waals surface area contributed by atoms with E-state index in [-0.39, 0.29) is 5.69 Å². The predicted molar refractivity (Wildman–Crippen MR) is 79.6 cm³/mol. The minimum atomic E-state index is -0.487. The van der Waals surface area contributed by atoms with E-state index in [2.05, 4.69) is 4.98 Å². The van der Waals surface area contributed by atoms with Crippen LogP contribution in [-0.2, 0) is 4.74 Å². The lowest BCUT2D eigenvalue weighted by Crippen LogP contribution is -2.05. The fraction of sp³-hybridized carbons (Fsp3) is 0.0588. The normalized spacial score (nSPS) is 10.3.